The summed E-state index contributed by atoms with van der Waals surface area (Å²) in [5.74, 6) is 2.72. The lowest BCUT2D eigenvalue weighted by atomic mass is 9.51. The van der Waals surface area contributed by atoms with Crippen molar-refractivity contribution in [3.63, 3.8) is 0 Å². The molecular formula is C19H28N6O2. The van der Waals surface area contributed by atoms with Crippen molar-refractivity contribution in [3.8, 4) is 11.6 Å². The van der Waals surface area contributed by atoms with Crippen molar-refractivity contribution in [2.24, 2.45) is 10.4 Å². The summed E-state index contributed by atoms with van der Waals surface area (Å²) in [5, 5.41) is 14.1. The van der Waals surface area contributed by atoms with Crippen LogP contribution in [0.25, 0.3) is 11.6 Å². The van der Waals surface area contributed by atoms with Gasteiger partial charge in [0, 0.05) is 24.6 Å². The molecule has 0 radical (unpaired) electrons. The Kier molecular flexibility index (Phi) is 5.15. The monoisotopic (exact) mass is 372 g/mol. The van der Waals surface area contributed by atoms with Crippen molar-refractivity contribution in [1.82, 2.24) is 25.8 Å². The third kappa shape index (κ3) is 3.45. The molecule has 2 fully saturated rings. The lowest BCUT2D eigenvalue weighted by molar-refractivity contribution is -0.168. The molecule has 0 amide bonds. The lowest BCUT2D eigenvalue weighted by Gasteiger charge is -2.61. The summed E-state index contributed by atoms with van der Waals surface area (Å²) >= 11 is 0. The number of hydrogen-bond donors (Lipinski definition) is 3. The Morgan fingerprint density at radius 3 is 3.00 bits per heavy atom. The van der Waals surface area contributed by atoms with Crippen LogP contribution in [-0.2, 0) is 11.3 Å². The van der Waals surface area contributed by atoms with Crippen molar-refractivity contribution in [2.75, 3.05) is 13.2 Å². The van der Waals surface area contributed by atoms with Crippen molar-refractivity contribution >= 4 is 5.96 Å². The van der Waals surface area contributed by atoms with Gasteiger partial charge in [0.1, 0.15) is 12.4 Å². The minimum Gasteiger partial charge on any atom is -0.461 e. The quantitative estimate of drug-likeness (QED) is 0.510. The van der Waals surface area contributed by atoms with E-state index in [2.05, 4.69) is 44.7 Å². The smallest absolute Gasteiger partial charge is 0.216 e. The highest BCUT2D eigenvalue weighted by Gasteiger charge is 2.59. The van der Waals surface area contributed by atoms with E-state index in [1.165, 1.54) is 19.3 Å². The van der Waals surface area contributed by atoms with Gasteiger partial charge in [0.05, 0.1) is 12.4 Å². The second-order valence-electron chi connectivity index (χ2n) is 7.24. The topological polar surface area (TPSA) is 100 Å². The molecule has 8 nitrogen and oxygen atoms in total. The van der Waals surface area contributed by atoms with Crippen molar-refractivity contribution < 1.29 is 9.15 Å². The van der Waals surface area contributed by atoms with Gasteiger partial charge in [0.2, 0.25) is 5.82 Å². The first-order chi connectivity index (χ1) is 13.2. The Bertz CT molecular complexity index is 765. The van der Waals surface area contributed by atoms with Crippen LogP contribution in [0, 0.1) is 5.41 Å². The molecule has 146 valence electrons. The lowest BCUT2D eigenvalue weighted by Crippen LogP contribution is -2.68. The maximum Gasteiger partial charge on any atom is 0.216 e. The van der Waals surface area contributed by atoms with E-state index in [-0.39, 0.29) is 0 Å². The summed E-state index contributed by atoms with van der Waals surface area (Å²) in [7, 11) is 0. The predicted octanol–water partition coefficient (Wildman–Crippen LogP) is 2.47. The maximum atomic E-state index is 5.94. The number of ether oxygens (including phenoxy) is 1. The van der Waals surface area contributed by atoms with Gasteiger partial charge in [0.25, 0.3) is 0 Å². The summed E-state index contributed by atoms with van der Waals surface area (Å²) in [4.78, 5) is 9.13. The molecule has 2 aliphatic rings. The number of nitrogens with one attached hydrogen (secondary N) is 3. The van der Waals surface area contributed by atoms with Crippen LogP contribution in [0.2, 0.25) is 0 Å². The number of aromatic nitrogens is 3. The van der Waals surface area contributed by atoms with Gasteiger partial charge in [-0.15, -0.1) is 5.10 Å². The Morgan fingerprint density at radius 1 is 1.44 bits per heavy atom. The third-order valence-corrected chi connectivity index (χ3v) is 5.75. The number of guanidine groups is 1. The highest BCUT2D eigenvalue weighted by atomic mass is 16.5. The molecule has 2 atom stereocenters. The Morgan fingerprint density at radius 2 is 2.33 bits per heavy atom. The van der Waals surface area contributed by atoms with Crippen molar-refractivity contribution in [2.45, 2.75) is 58.2 Å². The van der Waals surface area contributed by atoms with Crippen molar-refractivity contribution in [1.29, 1.82) is 0 Å². The van der Waals surface area contributed by atoms with E-state index < -0.39 is 0 Å². The second-order valence-corrected chi connectivity index (χ2v) is 7.24. The zero-order valence-electron chi connectivity index (χ0n) is 16.0. The average Bonchev–Trinajstić information content (AvgIpc) is 3.28. The molecule has 2 saturated carbocycles. The molecule has 3 N–H and O–H groups in total. The fourth-order valence-electron chi connectivity index (χ4n) is 4.16. The zero-order valence-corrected chi connectivity index (χ0v) is 16.0. The molecule has 0 aromatic carbocycles. The first-order valence-corrected chi connectivity index (χ1v) is 9.86. The maximum absolute atomic E-state index is 5.94. The number of rotatable bonds is 7. The fourth-order valence-corrected chi connectivity index (χ4v) is 4.16. The van der Waals surface area contributed by atoms with E-state index >= 15 is 0 Å². The first-order valence-electron chi connectivity index (χ1n) is 9.86. The van der Waals surface area contributed by atoms with Crippen LogP contribution in [0.4, 0.5) is 0 Å². The number of nitrogens with zero attached hydrogens (tertiary/aromatic N) is 3. The minimum absolute atomic E-state index is 0.297. The van der Waals surface area contributed by atoms with E-state index in [0.717, 1.165) is 25.5 Å². The molecule has 27 heavy (non-hydrogen) atoms. The Balaban J connectivity index is 1.39. The van der Waals surface area contributed by atoms with E-state index in [1.807, 2.05) is 12.1 Å². The standard InChI is InChI=1S/C19H28N6O2/c1-3-20-18(22-14-11-15(26-4-2)19(14)8-6-9-19)21-12-16-23-17(25-24-16)13-7-5-10-27-13/h5,7,10,14-15H,3-4,6,8-9,11-12H2,1-2H3,(H2,20,21,22)(H,23,24,25). The number of aliphatic imine (C=N–C) groups is 1. The van der Waals surface area contributed by atoms with Gasteiger partial charge < -0.3 is 19.8 Å². The van der Waals surface area contributed by atoms with E-state index in [1.54, 1.807) is 6.26 Å². The molecule has 2 aromatic heterocycles. The van der Waals surface area contributed by atoms with E-state index in [4.69, 9.17) is 9.15 Å². The number of aromatic amines is 1. The summed E-state index contributed by atoms with van der Waals surface area (Å²) in [5.41, 5.74) is 0.297. The summed E-state index contributed by atoms with van der Waals surface area (Å²) < 4.78 is 11.3. The van der Waals surface area contributed by atoms with Gasteiger partial charge in [-0.1, -0.05) is 6.42 Å². The molecule has 2 unspecified atom stereocenters. The zero-order chi connectivity index (χ0) is 18.7. The SMILES string of the molecule is CCNC(=NCc1nc(-c2ccco2)n[nH]1)NC1CC(OCC)C12CCC2. The highest BCUT2D eigenvalue weighted by molar-refractivity contribution is 5.80. The van der Waals surface area contributed by atoms with Crippen LogP contribution in [0.1, 0.15) is 45.4 Å². The Hall–Kier alpha value is -2.35. The molecule has 0 bridgehead atoms. The van der Waals surface area contributed by atoms with Crippen LogP contribution < -0.4 is 10.6 Å². The molecule has 2 aromatic rings. The number of hydrogen-bond acceptors (Lipinski definition) is 5. The molecule has 0 saturated heterocycles. The largest absolute Gasteiger partial charge is 0.461 e. The van der Waals surface area contributed by atoms with Crippen LogP contribution in [0.15, 0.2) is 27.8 Å². The molecule has 8 heteroatoms. The van der Waals surface area contributed by atoms with Gasteiger partial charge in [0.15, 0.2) is 11.7 Å². The van der Waals surface area contributed by atoms with Gasteiger partial charge in [-0.3, -0.25) is 5.10 Å². The molecule has 2 aliphatic carbocycles. The Labute approximate surface area is 159 Å². The third-order valence-electron chi connectivity index (χ3n) is 5.75. The van der Waals surface area contributed by atoms with Gasteiger partial charge in [-0.2, -0.15) is 0 Å². The highest BCUT2D eigenvalue weighted by Crippen LogP contribution is 2.57. The fraction of sp³-hybridized carbons (Fsp3) is 0.632. The first kappa shape index (κ1) is 18.0. The normalized spacial score (nSPS) is 23.7. The number of furan rings is 1. The van der Waals surface area contributed by atoms with Gasteiger partial charge >= 0.3 is 0 Å². The van der Waals surface area contributed by atoms with Gasteiger partial charge in [-0.25, -0.2) is 9.98 Å². The van der Waals surface area contributed by atoms with Crippen LogP contribution in [0.5, 0.6) is 0 Å². The number of H-pyrrole nitrogens is 1. The molecule has 2 heterocycles. The van der Waals surface area contributed by atoms with Crippen LogP contribution in [-0.4, -0.2) is 46.4 Å². The summed E-state index contributed by atoms with van der Waals surface area (Å²) in [6.07, 6.45) is 6.82. The molecule has 1 spiro atoms. The van der Waals surface area contributed by atoms with Crippen molar-refractivity contribution in [3.05, 3.63) is 24.2 Å². The van der Waals surface area contributed by atoms with Crippen LogP contribution in [0.3, 0.4) is 0 Å². The summed E-state index contributed by atoms with van der Waals surface area (Å²) in [6.45, 7) is 6.18. The average molecular weight is 372 g/mol. The van der Waals surface area contributed by atoms with E-state index in [9.17, 15) is 0 Å². The second kappa shape index (κ2) is 7.72. The predicted molar refractivity (Wildman–Crippen MR) is 102 cm³/mol. The van der Waals surface area contributed by atoms with E-state index in [0.29, 0.717) is 41.5 Å². The van der Waals surface area contributed by atoms with Crippen LogP contribution >= 0.6 is 0 Å². The molecule has 4 rings (SSSR count). The minimum atomic E-state index is 0.297. The molecular weight excluding hydrogens is 344 g/mol. The summed E-state index contributed by atoms with van der Waals surface area (Å²) in [6, 6.07) is 4.08. The molecule has 0 aliphatic heterocycles. The van der Waals surface area contributed by atoms with Gasteiger partial charge in [-0.05, 0) is 45.2 Å².